The van der Waals surface area contributed by atoms with E-state index in [4.69, 9.17) is 4.74 Å². The average molecular weight is 142 g/mol. The Morgan fingerprint density at radius 2 is 2.00 bits per heavy atom. The molecule has 0 heterocycles. The summed E-state index contributed by atoms with van der Waals surface area (Å²) in [5, 5.41) is 0. The molecule has 52 valence electrons. The second-order valence-electron chi connectivity index (χ2n) is 1.81. The lowest BCUT2D eigenvalue weighted by Crippen LogP contribution is -2.05. The van der Waals surface area contributed by atoms with E-state index in [0.29, 0.717) is 0 Å². The molecule has 0 atom stereocenters. The van der Waals surface area contributed by atoms with Gasteiger partial charge in [-0.25, -0.2) is 0 Å². The SMILES string of the molecule is C=CC(C=C)OCC[SiH3]. The Kier molecular flexibility index (Phi) is 5.57. The Bertz CT molecular complexity index is 82.9. The smallest absolute Gasteiger partial charge is 0.0932 e. The summed E-state index contributed by atoms with van der Waals surface area (Å²) in [4.78, 5) is 0. The fraction of sp³-hybridized carbons (Fsp3) is 0.429. The minimum atomic E-state index is 0.0546. The standard InChI is InChI=1S/C7H14OSi/c1-3-7(4-2)8-5-6-9/h3-4,7H,1-2,5-6H2,9H3. The van der Waals surface area contributed by atoms with Crippen molar-refractivity contribution in [3.05, 3.63) is 25.3 Å². The molecule has 0 fully saturated rings. The number of hydrogen-bond acceptors (Lipinski definition) is 1. The molecule has 0 radical (unpaired) electrons. The summed E-state index contributed by atoms with van der Waals surface area (Å²) >= 11 is 0. The third kappa shape index (κ3) is 4.18. The third-order valence-electron chi connectivity index (χ3n) is 0.979. The number of hydrogen-bond donors (Lipinski definition) is 0. The van der Waals surface area contributed by atoms with Gasteiger partial charge in [0.2, 0.25) is 0 Å². The summed E-state index contributed by atoms with van der Waals surface area (Å²) in [5.74, 6) is 0. The second-order valence-corrected chi connectivity index (χ2v) is 2.81. The van der Waals surface area contributed by atoms with Crippen LogP contribution in [0.3, 0.4) is 0 Å². The first-order valence-corrected chi connectivity index (χ1v) is 4.63. The summed E-state index contributed by atoms with van der Waals surface area (Å²) < 4.78 is 5.29. The largest absolute Gasteiger partial charge is 0.370 e. The number of ether oxygens (including phenoxy) is 1. The lowest BCUT2D eigenvalue weighted by Gasteiger charge is -2.06. The van der Waals surface area contributed by atoms with E-state index in [1.165, 1.54) is 16.3 Å². The highest BCUT2D eigenvalue weighted by Gasteiger charge is 1.93. The molecule has 0 spiro atoms. The monoisotopic (exact) mass is 142 g/mol. The topological polar surface area (TPSA) is 9.23 Å². The molecule has 0 saturated heterocycles. The van der Waals surface area contributed by atoms with Crippen molar-refractivity contribution in [2.45, 2.75) is 12.1 Å². The van der Waals surface area contributed by atoms with Gasteiger partial charge in [-0.15, -0.1) is 13.2 Å². The molecule has 2 heteroatoms. The van der Waals surface area contributed by atoms with Crippen LogP contribution in [0.25, 0.3) is 0 Å². The highest BCUT2D eigenvalue weighted by molar-refractivity contribution is 6.08. The zero-order valence-electron chi connectivity index (χ0n) is 5.97. The van der Waals surface area contributed by atoms with Gasteiger partial charge in [-0.3, -0.25) is 0 Å². The summed E-state index contributed by atoms with van der Waals surface area (Å²) in [7, 11) is 1.21. The van der Waals surface area contributed by atoms with Crippen LogP contribution in [0.4, 0.5) is 0 Å². The second kappa shape index (κ2) is 5.79. The van der Waals surface area contributed by atoms with Crippen molar-refractivity contribution in [3.63, 3.8) is 0 Å². The maximum Gasteiger partial charge on any atom is 0.0932 e. The Morgan fingerprint density at radius 3 is 2.33 bits per heavy atom. The van der Waals surface area contributed by atoms with Gasteiger partial charge in [0.25, 0.3) is 0 Å². The van der Waals surface area contributed by atoms with Gasteiger partial charge in [0, 0.05) is 16.8 Å². The van der Waals surface area contributed by atoms with Crippen LogP contribution in [-0.2, 0) is 4.74 Å². The lowest BCUT2D eigenvalue weighted by atomic mass is 10.3. The zero-order chi connectivity index (χ0) is 7.11. The molecule has 0 aliphatic rings. The van der Waals surface area contributed by atoms with Crippen molar-refractivity contribution in [2.24, 2.45) is 0 Å². The van der Waals surface area contributed by atoms with Crippen molar-refractivity contribution >= 4 is 10.2 Å². The van der Waals surface area contributed by atoms with E-state index in [1.807, 2.05) is 0 Å². The van der Waals surface area contributed by atoms with Gasteiger partial charge in [0.05, 0.1) is 6.10 Å². The highest BCUT2D eigenvalue weighted by atomic mass is 28.1. The molecule has 0 aromatic heterocycles. The van der Waals surface area contributed by atoms with Gasteiger partial charge in [-0.05, 0) is 6.04 Å². The Hall–Kier alpha value is -0.343. The molecule has 0 rings (SSSR count). The van der Waals surface area contributed by atoms with Crippen LogP contribution in [-0.4, -0.2) is 23.0 Å². The van der Waals surface area contributed by atoms with Crippen molar-refractivity contribution < 1.29 is 4.74 Å². The predicted molar refractivity (Wildman–Crippen MR) is 44.9 cm³/mol. The molecule has 0 saturated carbocycles. The van der Waals surface area contributed by atoms with E-state index < -0.39 is 0 Å². The molecule has 0 aliphatic carbocycles. The molecule has 9 heavy (non-hydrogen) atoms. The van der Waals surface area contributed by atoms with Crippen molar-refractivity contribution in [2.75, 3.05) is 6.61 Å². The number of rotatable bonds is 5. The minimum absolute atomic E-state index is 0.0546. The molecule has 0 aromatic rings. The van der Waals surface area contributed by atoms with Gasteiger partial charge in [-0.1, -0.05) is 12.2 Å². The Morgan fingerprint density at radius 1 is 1.44 bits per heavy atom. The molecular formula is C7H14OSi. The van der Waals surface area contributed by atoms with Crippen LogP contribution in [0.5, 0.6) is 0 Å². The molecule has 0 aromatic carbocycles. The summed E-state index contributed by atoms with van der Waals surface area (Å²) in [6.45, 7) is 8.04. The Balaban J connectivity index is 3.30. The maximum atomic E-state index is 5.29. The Labute approximate surface area is 59.8 Å². The molecule has 0 N–H and O–H groups in total. The minimum Gasteiger partial charge on any atom is -0.370 e. The average Bonchev–Trinajstić information content (AvgIpc) is 1.91. The van der Waals surface area contributed by atoms with Crippen LogP contribution in [0, 0.1) is 0 Å². The summed E-state index contributed by atoms with van der Waals surface area (Å²) in [5.41, 5.74) is 0. The quantitative estimate of drug-likeness (QED) is 0.402. The maximum absolute atomic E-state index is 5.29. The van der Waals surface area contributed by atoms with Crippen molar-refractivity contribution in [3.8, 4) is 0 Å². The van der Waals surface area contributed by atoms with Gasteiger partial charge < -0.3 is 4.74 Å². The molecule has 0 bridgehead atoms. The van der Waals surface area contributed by atoms with Gasteiger partial charge in [0.15, 0.2) is 0 Å². The van der Waals surface area contributed by atoms with Crippen LogP contribution in [0.1, 0.15) is 0 Å². The van der Waals surface area contributed by atoms with Crippen LogP contribution >= 0.6 is 0 Å². The fourth-order valence-corrected chi connectivity index (χ4v) is 0.722. The van der Waals surface area contributed by atoms with E-state index in [1.54, 1.807) is 12.2 Å². The van der Waals surface area contributed by atoms with Gasteiger partial charge >= 0.3 is 0 Å². The highest BCUT2D eigenvalue weighted by Crippen LogP contribution is 1.93. The zero-order valence-corrected chi connectivity index (χ0v) is 7.97. The van der Waals surface area contributed by atoms with E-state index in [0.717, 1.165) is 6.61 Å². The first-order chi connectivity index (χ1) is 4.35. The van der Waals surface area contributed by atoms with Crippen LogP contribution < -0.4 is 0 Å². The fourth-order valence-electron chi connectivity index (χ4n) is 0.486. The predicted octanol–water partition coefficient (Wildman–Crippen LogP) is 0.527. The summed E-state index contributed by atoms with van der Waals surface area (Å²) in [6.07, 6.45) is 3.56. The van der Waals surface area contributed by atoms with E-state index in [2.05, 4.69) is 13.2 Å². The molecule has 0 aliphatic heterocycles. The van der Waals surface area contributed by atoms with Crippen molar-refractivity contribution in [1.82, 2.24) is 0 Å². The van der Waals surface area contributed by atoms with Crippen LogP contribution in [0.15, 0.2) is 25.3 Å². The first kappa shape index (κ1) is 8.66. The first-order valence-electron chi connectivity index (χ1n) is 3.21. The normalized spacial score (nSPS) is 9.89. The van der Waals surface area contributed by atoms with Crippen molar-refractivity contribution in [1.29, 1.82) is 0 Å². The van der Waals surface area contributed by atoms with Gasteiger partial charge in [-0.2, -0.15) is 0 Å². The van der Waals surface area contributed by atoms with Crippen LogP contribution in [0.2, 0.25) is 6.04 Å². The van der Waals surface area contributed by atoms with Gasteiger partial charge in [0.1, 0.15) is 0 Å². The molecule has 0 unspecified atom stereocenters. The summed E-state index contributed by atoms with van der Waals surface area (Å²) in [6, 6.07) is 1.18. The van der Waals surface area contributed by atoms with E-state index >= 15 is 0 Å². The lowest BCUT2D eigenvalue weighted by molar-refractivity contribution is 0.129. The van der Waals surface area contributed by atoms with E-state index in [-0.39, 0.29) is 6.10 Å². The third-order valence-corrected chi connectivity index (χ3v) is 1.39. The molecular weight excluding hydrogens is 128 g/mol. The molecule has 0 amide bonds. The molecule has 1 nitrogen and oxygen atoms in total. The van der Waals surface area contributed by atoms with E-state index in [9.17, 15) is 0 Å².